The summed E-state index contributed by atoms with van der Waals surface area (Å²) in [5.41, 5.74) is -0.00949. The van der Waals surface area contributed by atoms with Gasteiger partial charge in [-0.05, 0) is 52.4 Å². The molecule has 3 atom stereocenters. The van der Waals surface area contributed by atoms with E-state index in [2.05, 4.69) is 33.0 Å². The molecule has 0 aromatic heterocycles. The van der Waals surface area contributed by atoms with Crippen molar-refractivity contribution < 1.29 is 4.74 Å². The van der Waals surface area contributed by atoms with Crippen LogP contribution < -0.4 is 5.32 Å². The lowest BCUT2D eigenvalue weighted by atomic mass is 9.98. The molecule has 1 fully saturated rings. The Morgan fingerprint density at radius 2 is 1.94 bits per heavy atom. The van der Waals surface area contributed by atoms with E-state index in [0.29, 0.717) is 6.04 Å². The first-order chi connectivity index (χ1) is 7.93. The Morgan fingerprint density at radius 3 is 2.59 bits per heavy atom. The molecule has 17 heavy (non-hydrogen) atoms. The Balaban J connectivity index is 2.32. The van der Waals surface area contributed by atoms with E-state index in [0.717, 1.165) is 18.4 Å². The summed E-state index contributed by atoms with van der Waals surface area (Å²) >= 11 is 0. The SMILES string of the molecule is COC(C)(C)CC(C)NC1CCCC(C)CC1. The minimum absolute atomic E-state index is 0.00949. The van der Waals surface area contributed by atoms with Crippen LogP contribution in [0.5, 0.6) is 0 Å². The van der Waals surface area contributed by atoms with E-state index < -0.39 is 0 Å². The van der Waals surface area contributed by atoms with Crippen molar-refractivity contribution in [3.63, 3.8) is 0 Å². The number of methoxy groups -OCH3 is 1. The highest BCUT2D eigenvalue weighted by molar-refractivity contribution is 4.80. The fourth-order valence-corrected chi connectivity index (χ4v) is 2.94. The average molecular weight is 241 g/mol. The van der Waals surface area contributed by atoms with Gasteiger partial charge in [0.05, 0.1) is 5.60 Å². The van der Waals surface area contributed by atoms with Crippen LogP contribution in [0.4, 0.5) is 0 Å². The van der Waals surface area contributed by atoms with Gasteiger partial charge in [-0.25, -0.2) is 0 Å². The Kier molecular flexibility index (Phi) is 5.94. The van der Waals surface area contributed by atoms with Gasteiger partial charge < -0.3 is 10.1 Å². The van der Waals surface area contributed by atoms with Crippen molar-refractivity contribution in [2.24, 2.45) is 5.92 Å². The molecule has 0 heterocycles. The van der Waals surface area contributed by atoms with E-state index in [9.17, 15) is 0 Å². The standard InChI is InChI=1S/C15H31NO/c1-12-7-6-8-14(10-9-12)16-13(2)11-15(3,4)17-5/h12-14,16H,6-11H2,1-5H3. The summed E-state index contributed by atoms with van der Waals surface area (Å²) in [6, 6.07) is 1.27. The molecule has 3 unspecified atom stereocenters. The highest BCUT2D eigenvalue weighted by atomic mass is 16.5. The number of ether oxygens (including phenoxy) is 1. The molecule has 1 N–H and O–H groups in total. The summed E-state index contributed by atoms with van der Waals surface area (Å²) < 4.78 is 5.50. The van der Waals surface area contributed by atoms with Gasteiger partial charge in [-0.2, -0.15) is 0 Å². The van der Waals surface area contributed by atoms with Crippen LogP contribution in [0, 0.1) is 5.92 Å². The van der Waals surface area contributed by atoms with Gasteiger partial charge >= 0.3 is 0 Å². The van der Waals surface area contributed by atoms with Crippen LogP contribution in [-0.4, -0.2) is 24.8 Å². The normalized spacial score (nSPS) is 28.8. The molecule has 102 valence electrons. The Morgan fingerprint density at radius 1 is 1.24 bits per heavy atom. The van der Waals surface area contributed by atoms with E-state index in [1.807, 2.05) is 0 Å². The number of rotatable bonds is 5. The molecule has 0 radical (unpaired) electrons. The largest absolute Gasteiger partial charge is 0.379 e. The fraction of sp³-hybridized carbons (Fsp3) is 1.00. The van der Waals surface area contributed by atoms with E-state index >= 15 is 0 Å². The third kappa shape index (κ3) is 5.87. The van der Waals surface area contributed by atoms with Crippen LogP contribution in [0.25, 0.3) is 0 Å². The fourth-order valence-electron chi connectivity index (χ4n) is 2.94. The molecule has 0 bridgehead atoms. The maximum absolute atomic E-state index is 5.50. The van der Waals surface area contributed by atoms with Crippen LogP contribution in [0.15, 0.2) is 0 Å². The molecule has 0 aromatic rings. The highest BCUT2D eigenvalue weighted by Crippen LogP contribution is 2.24. The summed E-state index contributed by atoms with van der Waals surface area (Å²) in [7, 11) is 1.81. The highest BCUT2D eigenvalue weighted by Gasteiger charge is 2.23. The maximum Gasteiger partial charge on any atom is 0.0637 e. The van der Waals surface area contributed by atoms with Gasteiger partial charge in [0.15, 0.2) is 0 Å². The quantitative estimate of drug-likeness (QED) is 0.740. The molecule has 1 saturated carbocycles. The first kappa shape index (κ1) is 15.0. The maximum atomic E-state index is 5.50. The number of nitrogens with one attached hydrogen (secondary N) is 1. The topological polar surface area (TPSA) is 21.3 Å². The van der Waals surface area contributed by atoms with Gasteiger partial charge in [0.25, 0.3) is 0 Å². The van der Waals surface area contributed by atoms with Gasteiger partial charge in [0.1, 0.15) is 0 Å². The molecule has 0 aliphatic heterocycles. The van der Waals surface area contributed by atoms with Crippen LogP contribution in [-0.2, 0) is 4.74 Å². The Labute approximate surface area is 108 Å². The zero-order chi connectivity index (χ0) is 12.9. The average Bonchev–Trinajstić information content (AvgIpc) is 2.43. The lowest BCUT2D eigenvalue weighted by molar-refractivity contribution is 0.00752. The van der Waals surface area contributed by atoms with Crippen LogP contribution in [0.2, 0.25) is 0 Å². The second-order valence-corrected chi connectivity index (χ2v) is 6.55. The van der Waals surface area contributed by atoms with Crippen molar-refractivity contribution in [1.82, 2.24) is 5.32 Å². The summed E-state index contributed by atoms with van der Waals surface area (Å²) in [6.45, 7) is 9.01. The van der Waals surface area contributed by atoms with E-state index in [4.69, 9.17) is 4.74 Å². The van der Waals surface area contributed by atoms with Gasteiger partial charge in [-0.15, -0.1) is 0 Å². The second kappa shape index (κ2) is 6.75. The van der Waals surface area contributed by atoms with Crippen molar-refractivity contribution in [1.29, 1.82) is 0 Å². The smallest absolute Gasteiger partial charge is 0.0637 e. The molecule has 1 aliphatic rings. The molecular formula is C15H31NO. The van der Waals surface area contributed by atoms with Gasteiger partial charge in [0.2, 0.25) is 0 Å². The zero-order valence-corrected chi connectivity index (χ0v) is 12.4. The van der Waals surface area contributed by atoms with Crippen molar-refractivity contribution in [2.45, 2.75) is 83.9 Å². The molecule has 2 heteroatoms. The Bertz CT molecular complexity index is 215. The van der Waals surface area contributed by atoms with E-state index in [-0.39, 0.29) is 5.60 Å². The van der Waals surface area contributed by atoms with Gasteiger partial charge in [-0.1, -0.05) is 19.8 Å². The van der Waals surface area contributed by atoms with E-state index in [1.54, 1.807) is 7.11 Å². The Hall–Kier alpha value is -0.0800. The molecule has 0 aromatic carbocycles. The summed E-state index contributed by atoms with van der Waals surface area (Å²) in [5.74, 6) is 0.924. The summed E-state index contributed by atoms with van der Waals surface area (Å²) in [6.07, 6.45) is 7.96. The van der Waals surface area contributed by atoms with E-state index in [1.165, 1.54) is 32.1 Å². The third-order valence-electron chi connectivity index (χ3n) is 4.13. The third-order valence-corrected chi connectivity index (χ3v) is 4.13. The van der Waals surface area contributed by atoms with Crippen LogP contribution in [0.3, 0.4) is 0 Å². The predicted octanol–water partition coefficient (Wildman–Crippen LogP) is 3.75. The lowest BCUT2D eigenvalue weighted by Gasteiger charge is -2.29. The lowest BCUT2D eigenvalue weighted by Crippen LogP contribution is -2.41. The van der Waals surface area contributed by atoms with Gasteiger partial charge in [-0.3, -0.25) is 0 Å². The minimum Gasteiger partial charge on any atom is -0.379 e. The van der Waals surface area contributed by atoms with Gasteiger partial charge in [0, 0.05) is 19.2 Å². The zero-order valence-electron chi connectivity index (χ0n) is 12.4. The summed E-state index contributed by atoms with van der Waals surface area (Å²) in [4.78, 5) is 0. The monoisotopic (exact) mass is 241 g/mol. The molecule has 1 aliphatic carbocycles. The second-order valence-electron chi connectivity index (χ2n) is 6.55. The van der Waals surface area contributed by atoms with Crippen molar-refractivity contribution in [3.05, 3.63) is 0 Å². The number of hydrogen-bond acceptors (Lipinski definition) is 2. The number of hydrogen-bond donors (Lipinski definition) is 1. The first-order valence-corrected chi connectivity index (χ1v) is 7.24. The molecule has 2 nitrogen and oxygen atoms in total. The predicted molar refractivity (Wildman–Crippen MR) is 74.3 cm³/mol. The van der Waals surface area contributed by atoms with Crippen LogP contribution >= 0.6 is 0 Å². The van der Waals surface area contributed by atoms with Crippen molar-refractivity contribution in [3.8, 4) is 0 Å². The molecular weight excluding hydrogens is 210 g/mol. The van der Waals surface area contributed by atoms with Crippen molar-refractivity contribution in [2.75, 3.05) is 7.11 Å². The molecule has 0 spiro atoms. The van der Waals surface area contributed by atoms with Crippen molar-refractivity contribution >= 4 is 0 Å². The molecule has 0 saturated heterocycles. The first-order valence-electron chi connectivity index (χ1n) is 7.24. The molecule has 0 amide bonds. The molecule has 1 rings (SSSR count). The van der Waals surface area contributed by atoms with Crippen LogP contribution in [0.1, 0.15) is 66.2 Å². The minimum atomic E-state index is -0.00949. The summed E-state index contributed by atoms with van der Waals surface area (Å²) in [5, 5.41) is 3.79.